The molecule has 0 bridgehead atoms. The number of aliphatic hydroxyl groups excluding tert-OH is 1. The SMILES string of the molecule is CC(=O)/C=C(/C)O.Cc1cc[c-]c(-c2cc3c(C)cccc3cn2)c1.[Ir]. The molecule has 3 nitrogen and oxygen atoms in total. The molecule has 0 saturated carbocycles. The number of aliphatic hydroxyl groups is 1. The number of carbonyl (C=O) groups excluding carboxylic acids is 1. The molecule has 0 aliphatic carbocycles. The van der Waals surface area contributed by atoms with Crippen molar-refractivity contribution in [1.29, 1.82) is 0 Å². The number of benzene rings is 2. The van der Waals surface area contributed by atoms with Crippen molar-refractivity contribution in [3.05, 3.63) is 77.7 Å². The summed E-state index contributed by atoms with van der Waals surface area (Å²) in [7, 11) is 0. The molecule has 1 aromatic heterocycles. The Labute approximate surface area is 168 Å². The number of nitrogens with zero attached hydrogens (tertiary/aromatic N) is 1. The Balaban J connectivity index is 0.000000366. The summed E-state index contributed by atoms with van der Waals surface area (Å²) in [5, 5.41) is 10.8. The molecule has 3 rings (SSSR count). The predicted molar refractivity (Wildman–Crippen MR) is 103 cm³/mol. The Bertz CT molecular complexity index is 928. The molecule has 137 valence electrons. The van der Waals surface area contributed by atoms with Gasteiger partial charge in [-0.25, -0.2) is 0 Å². The van der Waals surface area contributed by atoms with Crippen molar-refractivity contribution in [3.8, 4) is 11.3 Å². The van der Waals surface area contributed by atoms with Gasteiger partial charge in [0.1, 0.15) is 0 Å². The average molecular weight is 525 g/mol. The van der Waals surface area contributed by atoms with E-state index >= 15 is 0 Å². The third-order valence-corrected chi connectivity index (χ3v) is 3.63. The number of hydrogen-bond donors (Lipinski definition) is 1. The molecule has 0 spiro atoms. The van der Waals surface area contributed by atoms with Crippen molar-refractivity contribution in [2.24, 2.45) is 0 Å². The second-order valence-electron chi connectivity index (χ2n) is 6.04. The standard InChI is InChI=1S/C17H14N.C5H8O2.Ir/c1-12-5-3-7-14(9-12)17-10-16-13(2)6-4-8-15(16)11-18-17;1-4(6)3-5(2)7;/h3-6,8-11H,1-2H3;3,6H,1-2H3;/q-1;;/b;4-3-;. The van der Waals surface area contributed by atoms with Crippen LogP contribution in [0.5, 0.6) is 0 Å². The molecule has 4 heteroatoms. The van der Waals surface area contributed by atoms with Crippen LogP contribution in [0.25, 0.3) is 22.0 Å². The molecular weight excluding hydrogens is 502 g/mol. The third-order valence-electron chi connectivity index (χ3n) is 3.63. The van der Waals surface area contributed by atoms with Gasteiger partial charge in [0, 0.05) is 32.4 Å². The maximum Gasteiger partial charge on any atom is 0.155 e. The van der Waals surface area contributed by atoms with E-state index in [0.717, 1.165) is 11.3 Å². The van der Waals surface area contributed by atoms with E-state index in [2.05, 4.69) is 61.3 Å². The van der Waals surface area contributed by atoms with Gasteiger partial charge in [0.25, 0.3) is 0 Å². The summed E-state index contributed by atoms with van der Waals surface area (Å²) in [6.07, 6.45) is 3.10. The fraction of sp³-hybridized carbons (Fsp3) is 0.182. The van der Waals surface area contributed by atoms with E-state index in [1.807, 2.05) is 12.3 Å². The summed E-state index contributed by atoms with van der Waals surface area (Å²) < 4.78 is 0. The van der Waals surface area contributed by atoms with Gasteiger partial charge in [-0.1, -0.05) is 31.2 Å². The number of fused-ring (bicyclic) bond motifs is 1. The van der Waals surface area contributed by atoms with Crippen LogP contribution >= 0.6 is 0 Å². The summed E-state index contributed by atoms with van der Waals surface area (Å²) in [5.41, 5.74) is 4.56. The van der Waals surface area contributed by atoms with Crippen LogP contribution in [-0.2, 0) is 24.9 Å². The number of carbonyl (C=O) groups is 1. The topological polar surface area (TPSA) is 50.2 Å². The molecule has 0 saturated heterocycles. The summed E-state index contributed by atoms with van der Waals surface area (Å²) >= 11 is 0. The van der Waals surface area contributed by atoms with Gasteiger partial charge in [0.15, 0.2) is 5.78 Å². The van der Waals surface area contributed by atoms with Crippen LogP contribution < -0.4 is 0 Å². The molecule has 0 unspecified atom stereocenters. The predicted octanol–water partition coefficient (Wildman–Crippen LogP) is 5.35. The molecule has 0 atom stereocenters. The Morgan fingerprint density at radius 3 is 2.46 bits per heavy atom. The fourth-order valence-corrected chi connectivity index (χ4v) is 2.50. The average Bonchev–Trinajstić information content (AvgIpc) is 2.54. The first-order chi connectivity index (χ1) is 11.9. The Hall–Kier alpha value is -2.29. The van der Waals surface area contributed by atoms with Gasteiger partial charge in [-0.05, 0) is 42.8 Å². The van der Waals surface area contributed by atoms with E-state index < -0.39 is 0 Å². The second-order valence-corrected chi connectivity index (χ2v) is 6.04. The molecule has 2 aromatic carbocycles. The number of pyridine rings is 1. The molecule has 3 aromatic rings. The minimum absolute atomic E-state index is 0. The van der Waals surface area contributed by atoms with Gasteiger partial charge in [-0.15, -0.1) is 35.4 Å². The molecule has 1 N–H and O–H groups in total. The van der Waals surface area contributed by atoms with E-state index in [0.29, 0.717) is 0 Å². The molecule has 1 radical (unpaired) electrons. The Morgan fingerprint density at radius 1 is 1.15 bits per heavy atom. The van der Waals surface area contributed by atoms with Gasteiger partial charge < -0.3 is 10.1 Å². The van der Waals surface area contributed by atoms with Gasteiger partial charge in [-0.3, -0.25) is 4.79 Å². The van der Waals surface area contributed by atoms with E-state index in [1.54, 1.807) is 0 Å². The van der Waals surface area contributed by atoms with Crippen LogP contribution in [0, 0.1) is 19.9 Å². The molecule has 1 heterocycles. The van der Waals surface area contributed by atoms with Crippen LogP contribution in [0.15, 0.2) is 60.5 Å². The van der Waals surface area contributed by atoms with Crippen molar-refractivity contribution in [3.63, 3.8) is 0 Å². The van der Waals surface area contributed by atoms with Crippen molar-refractivity contribution >= 4 is 16.6 Å². The van der Waals surface area contributed by atoms with Crippen LogP contribution in [0.3, 0.4) is 0 Å². The molecule has 26 heavy (non-hydrogen) atoms. The first kappa shape index (κ1) is 21.8. The largest absolute Gasteiger partial charge is 0.512 e. The van der Waals surface area contributed by atoms with Gasteiger partial charge >= 0.3 is 0 Å². The minimum Gasteiger partial charge on any atom is -0.512 e. The van der Waals surface area contributed by atoms with Crippen LogP contribution in [0.1, 0.15) is 25.0 Å². The van der Waals surface area contributed by atoms with Crippen molar-refractivity contribution in [2.45, 2.75) is 27.7 Å². The number of hydrogen-bond acceptors (Lipinski definition) is 3. The maximum atomic E-state index is 10.0. The molecule has 0 fully saturated rings. The van der Waals surface area contributed by atoms with Gasteiger partial charge in [0.05, 0.1) is 5.76 Å². The molecule has 0 aliphatic heterocycles. The smallest absolute Gasteiger partial charge is 0.155 e. The van der Waals surface area contributed by atoms with Crippen LogP contribution in [0.4, 0.5) is 0 Å². The quantitative estimate of drug-likeness (QED) is 0.279. The monoisotopic (exact) mass is 525 g/mol. The van der Waals surface area contributed by atoms with Gasteiger partial charge in [-0.2, -0.15) is 0 Å². The molecule has 0 aliphatic rings. The Kier molecular flexibility index (Phi) is 8.37. The first-order valence-electron chi connectivity index (χ1n) is 8.08. The summed E-state index contributed by atoms with van der Waals surface area (Å²) in [4.78, 5) is 14.5. The first-order valence-corrected chi connectivity index (χ1v) is 8.08. The van der Waals surface area contributed by atoms with Crippen molar-refractivity contribution in [1.82, 2.24) is 4.98 Å². The third kappa shape index (κ3) is 6.21. The number of allylic oxidation sites excluding steroid dienone is 2. The number of aromatic nitrogens is 1. The maximum absolute atomic E-state index is 10.0. The van der Waals surface area contributed by atoms with Crippen LogP contribution in [0.2, 0.25) is 0 Å². The fourth-order valence-electron chi connectivity index (χ4n) is 2.50. The molecular formula is C22H22IrNO2-. The zero-order valence-corrected chi connectivity index (χ0v) is 17.7. The van der Waals surface area contributed by atoms with E-state index in [4.69, 9.17) is 5.11 Å². The summed E-state index contributed by atoms with van der Waals surface area (Å²) in [6, 6.07) is 17.8. The van der Waals surface area contributed by atoms with E-state index in [9.17, 15) is 4.79 Å². The van der Waals surface area contributed by atoms with E-state index in [1.165, 1.54) is 41.8 Å². The zero-order chi connectivity index (χ0) is 18.4. The zero-order valence-electron chi connectivity index (χ0n) is 15.3. The summed E-state index contributed by atoms with van der Waals surface area (Å²) in [6.45, 7) is 7.07. The minimum atomic E-state index is -0.125. The second kappa shape index (κ2) is 10.0. The normalized spacial score (nSPS) is 10.5. The number of ketones is 1. The number of rotatable bonds is 2. The number of aryl methyl sites for hydroxylation is 2. The Morgan fingerprint density at radius 2 is 1.88 bits per heavy atom. The molecule has 0 amide bonds. The van der Waals surface area contributed by atoms with E-state index in [-0.39, 0.29) is 31.6 Å². The van der Waals surface area contributed by atoms with Crippen molar-refractivity contribution in [2.75, 3.05) is 0 Å². The van der Waals surface area contributed by atoms with Gasteiger partial charge in [0.2, 0.25) is 0 Å². The van der Waals surface area contributed by atoms with Crippen molar-refractivity contribution < 1.29 is 30.0 Å². The summed E-state index contributed by atoms with van der Waals surface area (Å²) in [5.74, 6) is -0.0625. The van der Waals surface area contributed by atoms with Crippen LogP contribution in [-0.4, -0.2) is 15.9 Å².